The summed E-state index contributed by atoms with van der Waals surface area (Å²) in [5, 5.41) is 10.9. The molecule has 2 rings (SSSR count). The molecule has 1 aromatic rings. The van der Waals surface area contributed by atoms with Crippen LogP contribution in [0.4, 0.5) is 0 Å². The van der Waals surface area contributed by atoms with Crippen LogP contribution in [-0.4, -0.2) is 10.5 Å². The second-order valence-corrected chi connectivity index (χ2v) is 5.87. The van der Waals surface area contributed by atoms with Crippen LogP contribution in [-0.2, 0) is 0 Å². The lowest BCUT2D eigenvalue weighted by molar-refractivity contribution is 0.511. The van der Waals surface area contributed by atoms with Gasteiger partial charge in [0.25, 0.3) is 0 Å². The summed E-state index contributed by atoms with van der Waals surface area (Å²) in [5.41, 5.74) is 2.84. The van der Waals surface area contributed by atoms with E-state index in [1.54, 1.807) is 30.3 Å². The lowest BCUT2D eigenvalue weighted by Crippen LogP contribution is -1.93. The lowest BCUT2D eigenvalue weighted by Gasteiger charge is -2.09. The van der Waals surface area contributed by atoms with Crippen molar-refractivity contribution in [2.24, 2.45) is 0 Å². The van der Waals surface area contributed by atoms with Gasteiger partial charge in [0.05, 0.1) is 5.38 Å². The zero-order valence-corrected chi connectivity index (χ0v) is 13.9. The number of allylic oxidation sites excluding steroid dienone is 9. The molecule has 1 atom stereocenters. The highest BCUT2D eigenvalue weighted by Gasteiger charge is 2.06. The maximum atomic E-state index is 10.3. The highest BCUT2D eigenvalue weighted by atomic mass is 35.5. The first-order valence-electron chi connectivity index (χ1n) is 7.11. The third kappa shape index (κ3) is 4.66. The summed E-state index contributed by atoms with van der Waals surface area (Å²) >= 11 is 11.9. The zero-order valence-electron chi connectivity index (χ0n) is 12.3. The zero-order chi connectivity index (χ0) is 15.9. The fourth-order valence-electron chi connectivity index (χ4n) is 2.16. The average molecular weight is 333 g/mol. The Morgan fingerprint density at radius 3 is 2.64 bits per heavy atom. The Hall–Kier alpha value is -1.70. The van der Waals surface area contributed by atoms with Gasteiger partial charge < -0.3 is 5.11 Å². The molecule has 1 aromatic carbocycles. The van der Waals surface area contributed by atoms with E-state index in [0.717, 1.165) is 23.1 Å². The Morgan fingerprint density at radius 2 is 1.95 bits per heavy atom. The van der Waals surface area contributed by atoms with Gasteiger partial charge in [0.2, 0.25) is 0 Å². The molecule has 1 aliphatic rings. The fourth-order valence-corrected chi connectivity index (χ4v) is 2.47. The highest BCUT2D eigenvalue weighted by Crippen LogP contribution is 2.23. The lowest BCUT2D eigenvalue weighted by atomic mass is 9.98. The first-order chi connectivity index (χ1) is 10.6. The van der Waals surface area contributed by atoms with E-state index in [1.807, 2.05) is 43.4 Å². The Kier molecular flexibility index (Phi) is 6.11. The summed E-state index contributed by atoms with van der Waals surface area (Å²) in [5.74, 6) is 0.218. The van der Waals surface area contributed by atoms with Crippen LogP contribution in [0.15, 0.2) is 77.9 Å². The summed E-state index contributed by atoms with van der Waals surface area (Å²) in [4.78, 5) is 0. The average Bonchev–Trinajstić information content (AvgIpc) is 2.49. The largest absolute Gasteiger partial charge is 0.507 e. The predicted octanol–water partition coefficient (Wildman–Crippen LogP) is 6.24. The molecule has 3 heteroatoms. The van der Waals surface area contributed by atoms with Gasteiger partial charge in [-0.2, -0.15) is 0 Å². The molecule has 0 saturated heterocycles. The number of benzene rings is 1. The first-order valence-corrected chi connectivity index (χ1v) is 7.93. The second-order valence-electron chi connectivity index (χ2n) is 4.93. The van der Waals surface area contributed by atoms with Crippen LogP contribution < -0.4 is 0 Å². The van der Waals surface area contributed by atoms with Crippen LogP contribution in [0.3, 0.4) is 0 Å². The molecule has 0 amide bonds. The number of hydrogen-bond acceptors (Lipinski definition) is 1. The molecule has 0 saturated carbocycles. The summed E-state index contributed by atoms with van der Waals surface area (Å²) < 4.78 is 0. The normalized spacial score (nSPS) is 23.4. The molecule has 0 bridgehead atoms. The quantitative estimate of drug-likeness (QED) is 0.301. The van der Waals surface area contributed by atoms with Gasteiger partial charge in [-0.05, 0) is 54.8 Å². The standard InChI is InChI=1S/C19H18Cl2O/c1-2-14(15-5-3-7-17(20)8-4-6-15)13-19(22)16-9-11-18(21)12-10-16/h2-5,7-13,17,22H,6H2,1H3/b7-3?,8-4-,14-2+,15-5+,19-13-. The summed E-state index contributed by atoms with van der Waals surface area (Å²) in [6, 6.07) is 7.12. The van der Waals surface area contributed by atoms with Crippen molar-refractivity contribution in [3.63, 3.8) is 0 Å². The molecule has 0 aliphatic heterocycles. The Balaban J connectivity index is 2.27. The third-order valence-electron chi connectivity index (χ3n) is 3.36. The van der Waals surface area contributed by atoms with Gasteiger partial charge in [0.1, 0.15) is 5.76 Å². The van der Waals surface area contributed by atoms with E-state index in [-0.39, 0.29) is 11.1 Å². The Morgan fingerprint density at radius 1 is 1.23 bits per heavy atom. The van der Waals surface area contributed by atoms with Crippen molar-refractivity contribution in [1.82, 2.24) is 0 Å². The van der Waals surface area contributed by atoms with E-state index < -0.39 is 0 Å². The van der Waals surface area contributed by atoms with Gasteiger partial charge in [0, 0.05) is 10.6 Å². The topological polar surface area (TPSA) is 20.2 Å². The number of halogens is 2. The van der Waals surface area contributed by atoms with Gasteiger partial charge in [-0.3, -0.25) is 0 Å². The molecular formula is C19H18Cl2O. The fraction of sp³-hybridized carbons (Fsp3) is 0.158. The molecule has 0 spiro atoms. The maximum absolute atomic E-state index is 10.3. The molecule has 1 nitrogen and oxygen atoms in total. The summed E-state index contributed by atoms with van der Waals surface area (Å²) in [6.07, 6.45) is 14.4. The van der Waals surface area contributed by atoms with E-state index in [0.29, 0.717) is 5.02 Å². The minimum Gasteiger partial charge on any atom is -0.507 e. The van der Waals surface area contributed by atoms with Crippen molar-refractivity contribution in [1.29, 1.82) is 0 Å². The minimum atomic E-state index is -0.0649. The highest BCUT2D eigenvalue weighted by molar-refractivity contribution is 6.30. The Bertz CT molecular complexity index is 661. The van der Waals surface area contributed by atoms with Crippen molar-refractivity contribution in [3.8, 4) is 0 Å². The molecule has 22 heavy (non-hydrogen) atoms. The molecule has 1 aliphatic carbocycles. The van der Waals surface area contributed by atoms with Crippen LogP contribution >= 0.6 is 23.2 Å². The van der Waals surface area contributed by atoms with Gasteiger partial charge in [-0.15, -0.1) is 11.6 Å². The number of aliphatic hydroxyl groups excluding tert-OH is 1. The van der Waals surface area contributed by atoms with Crippen LogP contribution in [0.5, 0.6) is 0 Å². The second kappa shape index (κ2) is 8.07. The number of hydrogen-bond donors (Lipinski definition) is 1. The summed E-state index contributed by atoms with van der Waals surface area (Å²) in [7, 11) is 0. The van der Waals surface area contributed by atoms with Crippen LogP contribution in [0.25, 0.3) is 5.76 Å². The van der Waals surface area contributed by atoms with Gasteiger partial charge in [0.15, 0.2) is 0 Å². The van der Waals surface area contributed by atoms with Crippen LogP contribution in [0.1, 0.15) is 18.9 Å². The minimum absolute atomic E-state index is 0.0649. The van der Waals surface area contributed by atoms with Gasteiger partial charge >= 0.3 is 0 Å². The molecule has 114 valence electrons. The first kappa shape index (κ1) is 16.7. The third-order valence-corrected chi connectivity index (χ3v) is 3.91. The van der Waals surface area contributed by atoms with Crippen molar-refractivity contribution in [3.05, 3.63) is 88.5 Å². The van der Waals surface area contributed by atoms with Crippen molar-refractivity contribution in [2.45, 2.75) is 18.7 Å². The van der Waals surface area contributed by atoms with E-state index in [2.05, 4.69) is 0 Å². The molecule has 1 unspecified atom stereocenters. The molecular weight excluding hydrogens is 315 g/mol. The Labute approximate surface area is 141 Å². The number of alkyl halides is 1. The van der Waals surface area contributed by atoms with Crippen LogP contribution in [0.2, 0.25) is 5.02 Å². The van der Waals surface area contributed by atoms with E-state index in [9.17, 15) is 5.11 Å². The molecule has 0 fully saturated rings. The van der Waals surface area contributed by atoms with E-state index in [4.69, 9.17) is 23.2 Å². The number of rotatable bonds is 3. The van der Waals surface area contributed by atoms with Gasteiger partial charge in [-0.1, -0.05) is 48.1 Å². The monoisotopic (exact) mass is 332 g/mol. The van der Waals surface area contributed by atoms with Crippen molar-refractivity contribution < 1.29 is 5.11 Å². The van der Waals surface area contributed by atoms with E-state index in [1.165, 1.54) is 0 Å². The van der Waals surface area contributed by atoms with Crippen molar-refractivity contribution in [2.75, 3.05) is 0 Å². The molecule has 0 aromatic heterocycles. The van der Waals surface area contributed by atoms with E-state index >= 15 is 0 Å². The van der Waals surface area contributed by atoms with Gasteiger partial charge in [-0.25, -0.2) is 0 Å². The molecule has 0 radical (unpaired) electrons. The molecule has 1 N–H and O–H groups in total. The number of aliphatic hydroxyl groups is 1. The summed E-state index contributed by atoms with van der Waals surface area (Å²) in [6.45, 7) is 1.96. The molecule has 0 heterocycles. The smallest absolute Gasteiger partial charge is 0.123 e. The SMILES string of the molecule is C/C=C(\C=C(/O)c1ccc(Cl)cc1)C1=C/C=CC(Cl)/C=C\C\1. The maximum Gasteiger partial charge on any atom is 0.123 e. The van der Waals surface area contributed by atoms with Crippen LogP contribution in [0, 0.1) is 0 Å². The predicted molar refractivity (Wildman–Crippen MR) is 96.4 cm³/mol. The van der Waals surface area contributed by atoms with Crippen molar-refractivity contribution >= 4 is 29.0 Å².